The highest BCUT2D eigenvalue weighted by Gasteiger charge is 2.14. The number of carbonyl (C=O) groups excluding carboxylic acids is 2. The number of hydrogen-bond acceptors (Lipinski definition) is 6. The summed E-state index contributed by atoms with van der Waals surface area (Å²) in [6.07, 6.45) is 0. The van der Waals surface area contributed by atoms with Gasteiger partial charge in [0.1, 0.15) is 0 Å². The van der Waals surface area contributed by atoms with E-state index in [1.54, 1.807) is 41.3 Å². The topological polar surface area (TPSA) is 84.4 Å². The third-order valence-corrected chi connectivity index (χ3v) is 3.51. The van der Waals surface area contributed by atoms with E-state index in [-0.39, 0.29) is 11.9 Å². The van der Waals surface area contributed by atoms with Gasteiger partial charge in [-0.1, -0.05) is 0 Å². The molecule has 0 saturated heterocycles. The minimum Gasteiger partial charge on any atom is -0.465 e. The SMILES string of the molecule is CCN(CC)C(=O)c1ccc(Nc2ccc(C(=O)OC)cc2)nn1. The van der Waals surface area contributed by atoms with Gasteiger partial charge >= 0.3 is 5.97 Å². The van der Waals surface area contributed by atoms with Crippen LogP contribution in [0.3, 0.4) is 0 Å². The summed E-state index contributed by atoms with van der Waals surface area (Å²) in [5.74, 6) is -0.0148. The van der Waals surface area contributed by atoms with Crippen molar-refractivity contribution in [1.29, 1.82) is 0 Å². The molecule has 2 rings (SSSR count). The molecule has 1 N–H and O–H groups in total. The van der Waals surface area contributed by atoms with E-state index in [1.807, 2.05) is 13.8 Å². The number of ether oxygens (including phenoxy) is 1. The van der Waals surface area contributed by atoms with Gasteiger partial charge in [0.2, 0.25) is 0 Å². The maximum Gasteiger partial charge on any atom is 0.337 e. The largest absolute Gasteiger partial charge is 0.465 e. The van der Waals surface area contributed by atoms with Crippen molar-refractivity contribution in [2.45, 2.75) is 13.8 Å². The maximum absolute atomic E-state index is 12.2. The van der Waals surface area contributed by atoms with Crippen LogP contribution in [-0.2, 0) is 4.74 Å². The van der Waals surface area contributed by atoms with Gasteiger partial charge in [-0.05, 0) is 50.2 Å². The molecule has 0 unspecified atom stereocenters. The molecule has 0 bridgehead atoms. The molecule has 2 aromatic rings. The molecule has 126 valence electrons. The fourth-order valence-corrected chi connectivity index (χ4v) is 2.14. The van der Waals surface area contributed by atoms with E-state index >= 15 is 0 Å². The lowest BCUT2D eigenvalue weighted by Gasteiger charge is -2.17. The van der Waals surface area contributed by atoms with Crippen LogP contribution in [0.4, 0.5) is 11.5 Å². The Morgan fingerprint density at radius 3 is 2.21 bits per heavy atom. The average molecular weight is 328 g/mol. The molecule has 0 aliphatic rings. The molecule has 0 aliphatic heterocycles. The molecular weight excluding hydrogens is 308 g/mol. The number of benzene rings is 1. The molecule has 7 nitrogen and oxygen atoms in total. The fraction of sp³-hybridized carbons (Fsp3) is 0.294. The third-order valence-electron chi connectivity index (χ3n) is 3.51. The number of nitrogens with zero attached hydrogens (tertiary/aromatic N) is 3. The third kappa shape index (κ3) is 4.07. The predicted molar refractivity (Wildman–Crippen MR) is 90.3 cm³/mol. The van der Waals surface area contributed by atoms with Crippen molar-refractivity contribution in [2.24, 2.45) is 0 Å². The van der Waals surface area contributed by atoms with Crippen LogP contribution in [-0.4, -0.2) is 47.2 Å². The first-order chi connectivity index (χ1) is 11.6. The summed E-state index contributed by atoms with van der Waals surface area (Å²) in [6, 6.07) is 10.1. The van der Waals surface area contributed by atoms with Gasteiger partial charge in [0.05, 0.1) is 12.7 Å². The Balaban J connectivity index is 2.06. The van der Waals surface area contributed by atoms with E-state index in [0.29, 0.717) is 30.2 Å². The number of nitrogens with one attached hydrogen (secondary N) is 1. The van der Waals surface area contributed by atoms with Crippen LogP contribution in [0.1, 0.15) is 34.7 Å². The molecule has 7 heteroatoms. The first-order valence-corrected chi connectivity index (χ1v) is 7.67. The van der Waals surface area contributed by atoms with Gasteiger partial charge in [0, 0.05) is 18.8 Å². The van der Waals surface area contributed by atoms with Gasteiger partial charge < -0.3 is 15.0 Å². The second-order valence-electron chi connectivity index (χ2n) is 4.98. The van der Waals surface area contributed by atoms with E-state index < -0.39 is 0 Å². The number of methoxy groups -OCH3 is 1. The molecule has 0 fully saturated rings. The zero-order valence-electron chi connectivity index (χ0n) is 13.9. The van der Waals surface area contributed by atoms with Crippen molar-refractivity contribution in [3.05, 3.63) is 47.7 Å². The number of anilines is 2. The number of rotatable bonds is 6. The lowest BCUT2D eigenvalue weighted by Crippen LogP contribution is -2.31. The molecule has 0 atom stereocenters. The smallest absolute Gasteiger partial charge is 0.337 e. The molecule has 0 radical (unpaired) electrons. The Morgan fingerprint density at radius 2 is 1.71 bits per heavy atom. The van der Waals surface area contributed by atoms with E-state index in [4.69, 9.17) is 0 Å². The van der Waals surface area contributed by atoms with Gasteiger partial charge in [-0.25, -0.2) is 4.79 Å². The van der Waals surface area contributed by atoms with Crippen LogP contribution in [0.2, 0.25) is 0 Å². The van der Waals surface area contributed by atoms with Crippen molar-refractivity contribution >= 4 is 23.4 Å². The predicted octanol–water partition coefficient (Wildman–Crippen LogP) is 2.49. The molecule has 0 saturated carbocycles. The van der Waals surface area contributed by atoms with Crippen molar-refractivity contribution in [3.8, 4) is 0 Å². The summed E-state index contributed by atoms with van der Waals surface area (Å²) in [6.45, 7) is 5.10. The molecule has 0 spiro atoms. The highest BCUT2D eigenvalue weighted by atomic mass is 16.5. The second kappa shape index (κ2) is 8.05. The Bertz CT molecular complexity index is 695. The molecule has 24 heavy (non-hydrogen) atoms. The van der Waals surface area contributed by atoms with Gasteiger partial charge in [0.25, 0.3) is 5.91 Å². The van der Waals surface area contributed by atoms with E-state index in [0.717, 1.165) is 5.69 Å². The van der Waals surface area contributed by atoms with Crippen LogP contribution >= 0.6 is 0 Å². The summed E-state index contributed by atoms with van der Waals surface area (Å²) in [5.41, 5.74) is 1.53. The van der Waals surface area contributed by atoms with Crippen molar-refractivity contribution in [2.75, 3.05) is 25.5 Å². The van der Waals surface area contributed by atoms with Gasteiger partial charge in [-0.15, -0.1) is 10.2 Å². The van der Waals surface area contributed by atoms with Crippen LogP contribution in [0.25, 0.3) is 0 Å². The van der Waals surface area contributed by atoms with Crippen molar-refractivity contribution in [3.63, 3.8) is 0 Å². The molecular formula is C17H20N4O3. The normalized spacial score (nSPS) is 10.1. The monoisotopic (exact) mass is 328 g/mol. The first kappa shape index (κ1) is 17.4. The number of carbonyl (C=O) groups is 2. The highest BCUT2D eigenvalue weighted by molar-refractivity contribution is 5.92. The number of aromatic nitrogens is 2. The minimum atomic E-state index is -0.388. The Labute approximate surface area is 140 Å². The average Bonchev–Trinajstić information content (AvgIpc) is 2.63. The van der Waals surface area contributed by atoms with E-state index in [2.05, 4.69) is 20.3 Å². The van der Waals surface area contributed by atoms with E-state index in [1.165, 1.54) is 7.11 Å². The molecule has 1 aromatic carbocycles. The fourth-order valence-electron chi connectivity index (χ4n) is 2.14. The quantitative estimate of drug-likeness (QED) is 0.820. The van der Waals surface area contributed by atoms with Crippen LogP contribution < -0.4 is 5.32 Å². The Hall–Kier alpha value is -2.96. The molecule has 1 heterocycles. The Kier molecular flexibility index (Phi) is 5.83. The summed E-state index contributed by atoms with van der Waals surface area (Å²) in [4.78, 5) is 25.2. The lowest BCUT2D eigenvalue weighted by atomic mass is 10.2. The lowest BCUT2D eigenvalue weighted by molar-refractivity contribution is 0.0600. The minimum absolute atomic E-state index is 0.138. The molecule has 1 aromatic heterocycles. The summed E-state index contributed by atoms with van der Waals surface area (Å²) < 4.78 is 4.65. The summed E-state index contributed by atoms with van der Waals surface area (Å²) in [5, 5.41) is 11.1. The van der Waals surface area contributed by atoms with Crippen LogP contribution in [0.5, 0.6) is 0 Å². The first-order valence-electron chi connectivity index (χ1n) is 7.67. The van der Waals surface area contributed by atoms with Gasteiger partial charge in [-0.3, -0.25) is 4.79 Å². The van der Waals surface area contributed by atoms with Crippen molar-refractivity contribution in [1.82, 2.24) is 15.1 Å². The summed E-state index contributed by atoms with van der Waals surface area (Å²) in [7, 11) is 1.34. The van der Waals surface area contributed by atoms with Crippen molar-refractivity contribution < 1.29 is 14.3 Å². The molecule has 0 aliphatic carbocycles. The number of amides is 1. The highest BCUT2D eigenvalue weighted by Crippen LogP contribution is 2.15. The van der Waals surface area contributed by atoms with Crippen LogP contribution in [0.15, 0.2) is 36.4 Å². The van der Waals surface area contributed by atoms with E-state index in [9.17, 15) is 9.59 Å². The van der Waals surface area contributed by atoms with Gasteiger partial charge in [-0.2, -0.15) is 0 Å². The standard InChI is InChI=1S/C17H20N4O3/c1-4-21(5-2)16(22)14-10-11-15(20-19-14)18-13-8-6-12(7-9-13)17(23)24-3/h6-11H,4-5H2,1-3H3,(H,18,20). The maximum atomic E-state index is 12.2. The summed E-state index contributed by atoms with van der Waals surface area (Å²) >= 11 is 0. The number of esters is 1. The van der Waals surface area contributed by atoms with Crippen LogP contribution in [0, 0.1) is 0 Å². The zero-order valence-corrected chi connectivity index (χ0v) is 13.9. The second-order valence-corrected chi connectivity index (χ2v) is 4.98. The molecule has 1 amide bonds. The Morgan fingerprint density at radius 1 is 1.04 bits per heavy atom. The number of hydrogen-bond donors (Lipinski definition) is 1. The zero-order chi connectivity index (χ0) is 17.5. The van der Waals surface area contributed by atoms with Gasteiger partial charge in [0.15, 0.2) is 11.5 Å².